The fourth-order valence-corrected chi connectivity index (χ4v) is 7.85. The van der Waals surface area contributed by atoms with Gasteiger partial charge in [-0.2, -0.15) is 5.21 Å². The van der Waals surface area contributed by atoms with E-state index in [1.165, 1.54) is 12.1 Å². The predicted molar refractivity (Wildman–Crippen MR) is 128 cm³/mol. The molecule has 1 saturated heterocycles. The molecule has 0 aliphatic carbocycles. The first kappa shape index (κ1) is 23.3. The smallest absolute Gasteiger partial charge is 0.240 e. The SMILES string of the molecule is Nc1nc2c(-c3ccc(S(=O)(=O)C[C@H]4CCCNC4)c(S(N)(=O)=O)c3-c3nn[nH]n3)cccc2[nH]1. The lowest BCUT2D eigenvalue weighted by Crippen LogP contribution is -2.34. The van der Waals surface area contributed by atoms with Crippen LogP contribution in [-0.2, 0) is 19.9 Å². The first-order valence-electron chi connectivity index (χ1n) is 10.8. The fraction of sp³-hybridized carbons (Fsp3) is 0.300. The maximum atomic E-state index is 13.5. The number of nitrogens with zero attached hydrogens (tertiary/aromatic N) is 4. The molecule has 1 aliphatic rings. The molecular weight excluding hydrogens is 494 g/mol. The molecule has 0 spiro atoms. The van der Waals surface area contributed by atoms with Crippen LogP contribution in [0.4, 0.5) is 5.95 Å². The van der Waals surface area contributed by atoms with Crippen LogP contribution in [0, 0.1) is 5.92 Å². The van der Waals surface area contributed by atoms with E-state index in [0.717, 1.165) is 19.4 Å². The van der Waals surface area contributed by atoms with Crippen molar-refractivity contribution < 1.29 is 16.8 Å². The average molecular weight is 518 g/mol. The van der Waals surface area contributed by atoms with E-state index in [4.69, 9.17) is 10.9 Å². The highest BCUT2D eigenvalue weighted by molar-refractivity contribution is 7.93. The molecule has 4 aromatic rings. The van der Waals surface area contributed by atoms with Gasteiger partial charge in [0.1, 0.15) is 4.90 Å². The predicted octanol–water partition coefficient (Wildman–Crippen LogP) is 0.413. The molecule has 3 heterocycles. The Balaban J connectivity index is 1.79. The molecule has 1 atom stereocenters. The summed E-state index contributed by atoms with van der Waals surface area (Å²) >= 11 is 0. The molecule has 184 valence electrons. The van der Waals surface area contributed by atoms with Crippen molar-refractivity contribution in [1.82, 2.24) is 35.9 Å². The van der Waals surface area contributed by atoms with Crippen molar-refractivity contribution in [3.63, 3.8) is 0 Å². The number of imidazole rings is 1. The van der Waals surface area contributed by atoms with Crippen LogP contribution in [0.2, 0.25) is 0 Å². The molecule has 5 rings (SSSR count). The summed E-state index contributed by atoms with van der Waals surface area (Å²) in [5, 5.41) is 22.5. The summed E-state index contributed by atoms with van der Waals surface area (Å²) in [5.74, 6) is -0.337. The van der Waals surface area contributed by atoms with Gasteiger partial charge in [0.2, 0.25) is 15.8 Å². The molecule has 0 radical (unpaired) electrons. The fourth-order valence-electron chi connectivity index (χ4n) is 4.54. The zero-order chi connectivity index (χ0) is 24.8. The van der Waals surface area contributed by atoms with E-state index in [-0.39, 0.29) is 29.0 Å². The number of nitrogen functional groups attached to an aromatic ring is 1. The number of aromatic amines is 2. The standard InChI is InChI=1S/C20H23N9O4S2/c21-20-24-14-5-1-4-13(17(14)25-20)12-6-7-15(34(30,31)10-11-3-2-8-23-9-11)18(35(22,32)33)16(12)19-26-28-29-27-19/h1,4-7,11,23H,2-3,8-10H2,(H3,21,24,25)(H2,22,32,33)(H,26,27,28,29)/t11-/m0/s1. The number of nitrogens with one attached hydrogen (secondary N) is 3. The number of sulfone groups is 1. The van der Waals surface area contributed by atoms with Crippen molar-refractivity contribution in [2.75, 3.05) is 24.6 Å². The number of benzene rings is 2. The molecule has 1 fully saturated rings. The second-order valence-corrected chi connectivity index (χ2v) is 11.9. The molecule has 2 aromatic carbocycles. The summed E-state index contributed by atoms with van der Waals surface area (Å²) in [4.78, 5) is 6.24. The normalized spacial score (nSPS) is 17.1. The van der Waals surface area contributed by atoms with E-state index in [9.17, 15) is 16.8 Å². The molecule has 2 aromatic heterocycles. The summed E-state index contributed by atoms with van der Waals surface area (Å²) in [7, 11) is -8.61. The number of rotatable bonds is 6. The largest absolute Gasteiger partial charge is 0.369 e. The Morgan fingerprint density at radius 2 is 1.91 bits per heavy atom. The quantitative estimate of drug-likeness (QED) is 0.237. The topological polar surface area (TPSA) is 215 Å². The van der Waals surface area contributed by atoms with E-state index in [1.54, 1.807) is 18.2 Å². The number of para-hydroxylation sites is 1. The Bertz CT molecular complexity index is 1610. The van der Waals surface area contributed by atoms with E-state index in [2.05, 4.69) is 35.9 Å². The van der Waals surface area contributed by atoms with Crippen LogP contribution >= 0.6 is 0 Å². The van der Waals surface area contributed by atoms with Gasteiger partial charge >= 0.3 is 0 Å². The minimum Gasteiger partial charge on any atom is -0.369 e. The Morgan fingerprint density at radius 3 is 2.60 bits per heavy atom. The number of fused-ring (bicyclic) bond motifs is 1. The van der Waals surface area contributed by atoms with Crippen LogP contribution < -0.4 is 16.2 Å². The maximum Gasteiger partial charge on any atom is 0.240 e. The van der Waals surface area contributed by atoms with Gasteiger partial charge in [-0.1, -0.05) is 18.2 Å². The van der Waals surface area contributed by atoms with Crippen LogP contribution in [0.25, 0.3) is 33.5 Å². The molecular formula is C20H23N9O4S2. The maximum absolute atomic E-state index is 13.5. The van der Waals surface area contributed by atoms with Gasteiger partial charge < -0.3 is 16.0 Å². The third-order valence-electron chi connectivity index (χ3n) is 5.99. The molecule has 7 N–H and O–H groups in total. The van der Waals surface area contributed by atoms with Crippen LogP contribution in [0.15, 0.2) is 40.1 Å². The Hall–Kier alpha value is -3.40. The third-order valence-corrected chi connectivity index (χ3v) is 9.03. The molecule has 1 aliphatic heterocycles. The summed E-state index contributed by atoms with van der Waals surface area (Å²) in [6.07, 6.45) is 1.56. The Labute approximate surface area is 200 Å². The van der Waals surface area contributed by atoms with Crippen LogP contribution in [0.3, 0.4) is 0 Å². The van der Waals surface area contributed by atoms with E-state index in [0.29, 0.717) is 28.7 Å². The number of nitrogens with two attached hydrogens (primary N) is 2. The minimum atomic E-state index is -4.56. The van der Waals surface area contributed by atoms with Crippen molar-refractivity contribution in [2.24, 2.45) is 11.1 Å². The highest BCUT2D eigenvalue weighted by atomic mass is 32.2. The van der Waals surface area contributed by atoms with Crippen molar-refractivity contribution in [3.05, 3.63) is 30.3 Å². The zero-order valence-electron chi connectivity index (χ0n) is 18.4. The van der Waals surface area contributed by atoms with Gasteiger partial charge in [0.25, 0.3) is 0 Å². The number of tetrazole rings is 1. The van der Waals surface area contributed by atoms with Gasteiger partial charge in [0.05, 0.1) is 27.2 Å². The van der Waals surface area contributed by atoms with Crippen molar-refractivity contribution in [2.45, 2.75) is 22.6 Å². The number of primary sulfonamides is 1. The van der Waals surface area contributed by atoms with Crippen LogP contribution in [0.5, 0.6) is 0 Å². The summed E-state index contributed by atoms with van der Waals surface area (Å²) in [6, 6.07) is 7.96. The molecule has 35 heavy (non-hydrogen) atoms. The molecule has 13 nitrogen and oxygen atoms in total. The Morgan fingerprint density at radius 1 is 1.09 bits per heavy atom. The number of aromatic nitrogens is 6. The van der Waals surface area contributed by atoms with Crippen molar-refractivity contribution in [1.29, 1.82) is 0 Å². The van der Waals surface area contributed by atoms with Gasteiger partial charge in [-0.05, 0) is 54.8 Å². The van der Waals surface area contributed by atoms with Crippen molar-refractivity contribution >= 4 is 36.8 Å². The molecule has 0 saturated carbocycles. The summed E-state index contributed by atoms with van der Waals surface area (Å²) in [5.41, 5.74) is 7.61. The highest BCUT2D eigenvalue weighted by Crippen LogP contribution is 2.41. The lowest BCUT2D eigenvalue weighted by atomic mass is 9.98. The number of hydrogen-bond donors (Lipinski definition) is 5. The second kappa shape index (κ2) is 8.67. The molecule has 15 heteroatoms. The lowest BCUT2D eigenvalue weighted by Gasteiger charge is -2.23. The molecule has 0 amide bonds. The van der Waals surface area contributed by atoms with Crippen molar-refractivity contribution in [3.8, 4) is 22.5 Å². The number of H-pyrrole nitrogens is 2. The minimum absolute atomic E-state index is 0.0850. The summed E-state index contributed by atoms with van der Waals surface area (Å²) < 4.78 is 52.9. The number of piperidine rings is 1. The van der Waals surface area contributed by atoms with Crippen LogP contribution in [0.1, 0.15) is 12.8 Å². The van der Waals surface area contributed by atoms with Gasteiger partial charge in [0, 0.05) is 5.56 Å². The second-order valence-electron chi connectivity index (χ2n) is 8.41. The number of hydrogen-bond acceptors (Lipinski definition) is 10. The monoisotopic (exact) mass is 517 g/mol. The van der Waals surface area contributed by atoms with E-state index >= 15 is 0 Å². The average Bonchev–Trinajstić information content (AvgIpc) is 3.46. The third kappa shape index (κ3) is 4.38. The first-order chi connectivity index (χ1) is 16.6. The number of sulfonamides is 1. The van der Waals surface area contributed by atoms with Gasteiger partial charge in [-0.15, -0.1) is 10.2 Å². The van der Waals surface area contributed by atoms with Gasteiger partial charge in [0.15, 0.2) is 15.8 Å². The lowest BCUT2D eigenvalue weighted by molar-refractivity contribution is 0.404. The number of anilines is 1. The first-order valence-corrected chi connectivity index (χ1v) is 14.0. The van der Waals surface area contributed by atoms with Crippen LogP contribution in [-0.4, -0.2) is 66.3 Å². The molecule has 0 unspecified atom stereocenters. The van der Waals surface area contributed by atoms with Gasteiger partial charge in [-0.25, -0.2) is 27.0 Å². The highest BCUT2D eigenvalue weighted by Gasteiger charge is 2.34. The Kier molecular flexibility index (Phi) is 5.79. The summed E-state index contributed by atoms with van der Waals surface area (Å²) in [6.45, 7) is 1.35. The van der Waals surface area contributed by atoms with E-state index in [1.807, 2.05) is 0 Å². The zero-order valence-corrected chi connectivity index (χ0v) is 20.0. The van der Waals surface area contributed by atoms with Gasteiger partial charge in [-0.3, -0.25) is 0 Å². The van der Waals surface area contributed by atoms with E-state index < -0.39 is 29.7 Å². The molecule has 0 bridgehead atoms.